The summed E-state index contributed by atoms with van der Waals surface area (Å²) in [5.74, 6) is -0.233. The fraction of sp³-hybridized carbons (Fsp3) is 0.600. The third-order valence-electron chi connectivity index (χ3n) is 4.34. The highest BCUT2D eigenvalue weighted by atomic mass is 16.5. The van der Waals surface area contributed by atoms with Crippen LogP contribution >= 0.6 is 0 Å². The van der Waals surface area contributed by atoms with Gasteiger partial charge in [-0.25, -0.2) is 9.78 Å². The van der Waals surface area contributed by atoms with Crippen molar-refractivity contribution in [3.05, 3.63) is 22.9 Å². The molecule has 1 fully saturated rings. The molecule has 20 heavy (non-hydrogen) atoms. The topological polar surface area (TPSA) is 62.7 Å². The van der Waals surface area contributed by atoms with Crippen molar-refractivity contribution >= 4 is 11.8 Å². The van der Waals surface area contributed by atoms with Crippen molar-refractivity contribution in [3.63, 3.8) is 0 Å². The van der Waals surface area contributed by atoms with Gasteiger partial charge in [-0.3, -0.25) is 0 Å². The van der Waals surface area contributed by atoms with Crippen LogP contribution in [0.1, 0.15) is 40.9 Å². The van der Waals surface area contributed by atoms with Crippen molar-refractivity contribution in [3.8, 4) is 0 Å². The molecule has 0 unspecified atom stereocenters. The molecule has 1 aliphatic heterocycles. The fourth-order valence-corrected chi connectivity index (χ4v) is 3.16. The third-order valence-corrected chi connectivity index (χ3v) is 4.34. The summed E-state index contributed by atoms with van der Waals surface area (Å²) in [5, 5.41) is 9.43. The van der Waals surface area contributed by atoms with E-state index in [1.165, 1.54) is 0 Å². The monoisotopic (exact) mass is 276 g/mol. The standard InChI is InChI=1S/C15H20N2O3/c1-20-11-5-7-17(8-6-11)14-12(15(18)19)9-10-3-2-4-13(10)16-14/h9,11H,2-8H2,1H3,(H,18,19). The Hall–Kier alpha value is -1.62. The van der Waals surface area contributed by atoms with Crippen LogP contribution in [0.3, 0.4) is 0 Å². The third kappa shape index (κ3) is 2.38. The number of anilines is 1. The summed E-state index contributed by atoms with van der Waals surface area (Å²) >= 11 is 0. The molecule has 1 N–H and O–H groups in total. The average molecular weight is 276 g/mol. The Morgan fingerprint density at radius 2 is 2.15 bits per heavy atom. The maximum atomic E-state index is 11.5. The number of piperidine rings is 1. The lowest BCUT2D eigenvalue weighted by Gasteiger charge is -2.33. The number of aryl methyl sites for hydroxylation is 2. The van der Waals surface area contributed by atoms with Crippen LogP contribution in [-0.4, -0.2) is 42.4 Å². The molecule has 0 bridgehead atoms. The number of rotatable bonds is 3. The quantitative estimate of drug-likeness (QED) is 0.913. The molecule has 1 aromatic rings. The van der Waals surface area contributed by atoms with Crippen LogP contribution in [0, 0.1) is 0 Å². The molecule has 1 aromatic heterocycles. The second kappa shape index (κ2) is 5.40. The van der Waals surface area contributed by atoms with Crippen LogP contribution < -0.4 is 4.90 Å². The lowest BCUT2D eigenvalue weighted by Crippen LogP contribution is -2.38. The Morgan fingerprint density at radius 1 is 1.40 bits per heavy atom. The van der Waals surface area contributed by atoms with Crippen molar-refractivity contribution < 1.29 is 14.6 Å². The van der Waals surface area contributed by atoms with Crippen LogP contribution in [0.5, 0.6) is 0 Å². The second-order valence-corrected chi connectivity index (χ2v) is 5.55. The molecule has 1 saturated heterocycles. The molecule has 0 amide bonds. The number of aromatic carboxylic acids is 1. The first-order valence-electron chi connectivity index (χ1n) is 7.23. The van der Waals surface area contributed by atoms with Gasteiger partial charge < -0.3 is 14.7 Å². The van der Waals surface area contributed by atoms with E-state index in [-0.39, 0.29) is 6.10 Å². The number of methoxy groups -OCH3 is 1. The van der Waals surface area contributed by atoms with Crippen LogP contribution in [0.25, 0.3) is 0 Å². The van der Waals surface area contributed by atoms with Crippen LogP contribution in [0.2, 0.25) is 0 Å². The van der Waals surface area contributed by atoms with Crippen molar-refractivity contribution in [1.82, 2.24) is 4.98 Å². The first kappa shape index (κ1) is 13.4. The highest BCUT2D eigenvalue weighted by Crippen LogP contribution is 2.29. The minimum atomic E-state index is -0.879. The summed E-state index contributed by atoms with van der Waals surface area (Å²) < 4.78 is 5.36. The zero-order chi connectivity index (χ0) is 14.1. The summed E-state index contributed by atoms with van der Waals surface area (Å²) in [6.07, 6.45) is 5.14. The Kier molecular flexibility index (Phi) is 3.61. The first-order chi connectivity index (χ1) is 9.69. The lowest BCUT2D eigenvalue weighted by atomic mass is 10.1. The molecule has 0 spiro atoms. The predicted octanol–water partition coefficient (Wildman–Crippen LogP) is 1.88. The maximum absolute atomic E-state index is 11.5. The highest BCUT2D eigenvalue weighted by Gasteiger charge is 2.26. The SMILES string of the molecule is COC1CCN(c2nc3c(cc2C(=O)O)CCC3)CC1. The van der Waals surface area contributed by atoms with Crippen molar-refractivity contribution in [2.24, 2.45) is 0 Å². The van der Waals surface area contributed by atoms with Gasteiger partial charge in [0.15, 0.2) is 0 Å². The van der Waals surface area contributed by atoms with Crippen molar-refractivity contribution in [2.75, 3.05) is 25.1 Å². The van der Waals surface area contributed by atoms with Crippen LogP contribution in [0.4, 0.5) is 5.82 Å². The van der Waals surface area contributed by atoms with E-state index in [0.717, 1.165) is 56.5 Å². The molecule has 0 atom stereocenters. The Labute approximate surface area is 118 Å². The van der Waals surface area contributed by atoms with Gasteiger partial charge >= 0.3 is 5.97 Å². The first-order valence-corrected chi connectivity index (χ1v) is 7.23. The Bertz CT molecular complexity index is 522. The molecule has 1 aliphatic carbocycles. The number of carboxylic acids is 1. The number of carboxylic acid groups (broad SMARTS) is 1. The van der Waals surface area contributed by atoms with Gasteiger partial charge in [-0.05, 0) is 43.7 Å². The summed E-state index contributed by atoms with van der Waals surface area (Å²) in [7, 11) is 1.73. The van der Waals surface area contributed by atoms with Crippen molar-refractivity contribution in [2.45, 2.75) is 38.2 Å². The van der Waals surface area contributed by atoms with Crippen LogP contribution in [-0.2, 0) is 17.6 Å². The van der Waals surface area contributed by atoms with E-state index in [0.29, 0.717) is 11.4 Å². The predicted molar refractivity (Wildman–Crippen MR) is 75.5 cm³/mol. The molecule has 5 nitrogen and oxygen atoms in total. The Balaban J connectivity index is 1.90. The minimum absolute atomic E-state index is 0.286. The van der Waals surface area contributed by atoms with Gasteiger partial charge in [0.25, 0.3) is 0 Å². The lowest BCUT2D eigenvalue weighted by molar-refractivity contribution is 0.0695. The molecular formula is C15H20N2O3. The van der Waals surface area contributed by atoms with Gasteiger partial charge in [0, 0.05) is 25.9 Å². The molecule has 5 heteroatoms. The normalized spacial score (nSPS) is 19.1. The molecule has 2 heterocycles. The van der Waals surface area contributed by atoms with E-state index in [9.17, 15) is 9.90 Å². The molecule has 3 rings (SSSR count). The van der Waals surface area contributed by atoms with Crippen molar-refractivity contribution in [1.29, 1.82) is 0 Å². The Morgan fingerprint density at radius 3 is 2.80 bits per heavy atom. The number of fused-ring (bicyclic) bond motifs is 1. The second-order valence-electron chi connectivity index (χ2n) is 5.55. The number of hydrogen-bond acceptors (Lipinski definition) is 4. The van der Waals surface area contributed by atoms with E-state index in [2.05, 4.69) is 9.88 Å². The molecule has 0 aromatic carbocycles. The molecular weight excluding hydrogens is 256 g/mol. The van der Waals surface area contributed by atoms with Crippen LogP contribution in [0.15, 0.2) is 6.07 Å². The molecule has 2 aliphatic rings. The zero-order valence-electron chi connectivity index (χ0n) is 11.8. The van der Waals surface area contributed by atoms with E-state index >= 15 is 0 Å². The number of aromatic nitrogens is 1. The zero-order valence-corrected chi connectivity index (χ0v) is 11.8. The van der Waals surface area contributed by atoms with E-state index in [1.54, 1.807) is 7.11 Å². The number of hydrogen-bond donors (Lipinski definition) is 1. The number of carbonyl (C=O) groups is 1. The smallest absolute Gasteiger partial charge is 0.339 e. The largest absolute Gasteiger partial charge is 0.478 e. The fourth-order valence-electron chi connectivity index (χ4n) is 3.16. The minimum Gasteiger partial charge on any atom is -0.478 e. The highest BCUT2D eigenvalue weighted by molar-refractivity contribution is 5.93. The van der Waals surface area contributed by atoms with Gasteiger partial charge in [-0.1, -0.05) is 0 Å². The summed E-state index contributed by atoms with van der Waals surface area (Å²) in [5.41, 5.74) is 2.54. The van der Waals surface area contributed by atoms with Gasteiger partial charge in [0.05, 0.1) is 6.10 Å². The average Bonchev–Trinajstić information content (AvgIpc) is 2.93. The van der Waals surface area contributed by atoms with Gasteiger partial charge in [0.2, 0.25) is 0 Å². The molecule has 0 radical (unpaired) electrons. The van der Waals surface area contributed by atoms with Gasteiger partial charge in [-0.2, -0.15) is 0 Å². The molecule has 0 saturated carbocycles. The summed E-state index contributed by atoms with van der Waals surface area (Å²) in [6.45, 7) is 1.62. The summed E-state index contributed by atoms with van der Waals surface area (Å²) in [6, 6.07) is 1.83. The molecule has 108 valence electrons. The number of ether oxygens (including phenoxy) is 1. The number of pyridine rings is 1. The van der Waals surface area contributed by atoms with E-state index in [1.807, 2.05) is 6.07 Å². The summed E-state index contributed by atoms with van der Waals surface area (Å²) in [4.78, 5) is 18.2. The number of nitrogens with zero attached hydrogens (tertiary/aromatic N) is 2. The van der Waals surface area contributed by atoms with Gasteiger partial charge in [-0.15, -0.1) is 0 Å². The van der Waals surface area contributed by atoms with Gasteiger partial charge in [0.1, 0.15) is 11.4 Å². The maximum Gasteiger partial charge on any atom is 0.339 e. The van der Waals surface area contributed by atoms with E-state index in [4.69, 9.17) is 4.74 Å². The van der Waals surface area contributed by atoms with E-state index < -0.39 is 5.97 Å².